The summed E-state index contributed by atoms with van der Waals surface area (Å²) < 4.78 is 45.6. The zero-order valence-corrected chi connectivity index (χ0v) is 15.6. The maximum atomic E-state index is 13.4. The van der Waals surface area contributed by atoms with E-state index in [-0.39, 0.29) is 24.3 Å². The van der Waals surface area contributed by atoms with Crippen LogP contribution in [0.5, 0.6) is 5.75 Å². The van der Waals surface area contributed by atoms with E-state index in [2.05, 4.69) is 6.92 Å². The Morgan fingerprint density at radius 1 is 1.19 bits per heavy atom. The van der Waals surface area contributed by atoms with Crippen LogP contribution in [0.1, 0.15) is 57.1 Å². The third-order valence-electron chi connectivity index (χ3n) is 4.33. The minimum atomic E-state index is -4.48. The van der Waals surface area contributed by atoms with E-state index in [1.165, 1.54) is 12.1 Å². The lowest BCUT2D eigenvalue weighted by Gasteiger charge is -2.19. The van der Waals surface area contributed by atoms with Crippen molar-refractivity contribution >= 4 is 0 Å². The molecule has 1 aromatic carbocycles. The second-order valence-corrected chi connectivity index (χ2v) is 6.66. The zero-order valence-electron chi connectivity index (χ0n) is 15.6. The molecule has 0 amide bonds. The second-order valence-electron chi connectivity index (χ2n) is 6.66. The summed E-state index contributed by atoms with van der Waals surface area (Å²) >= 11 is 0. The normalized spacial score (nSPS) is 14.5. The molecule has 2 atom stereocenters. The van der Waals surface area contributed by atoms with Crippen LogP contribution >= 0.6 is 0 Å². The van der Waals surface area contributed by atoms with E-state index < -0.39 is 11.7 Å². The standard InChI is InChI=1S/C20H30F3NO2/c1-3-4-5-6-7-12-26-19-9-8-16(14-18(19)20(21,22)23)13-17(10-11-25)15(2)24/h8-11,14-15,17,25H,3-7,12-13,24H2,1-2H3/b11-10+/t15-,17?/m0/s1. The summed E-state index contributed by atoms with van der Waals surface area (Å²) in [4.78, 5) is 0. The van der Waals surface area contributed by atoms with Gasteiger partial charge in [0.25, 0.3) is 0 Å². The number of rotatable bonds is 11. The fraction of sp³-hybridized carbons (Fsp3) is 0.600. The molecule has 1 unspecified atom stereocenters. The van der Waals surface area contributed by atoms with E-state index in [0.29, 0.717) is 12.0 Å². The van der Waals surface area contributed by atoms with Crippen molar-refractivity contribution in [2.24, 2.45) is 11.7 Å². The van der Waals surface area contributed by atoms with Crippen LogP contribution in [-0.2, 0) is 12.6 Å². The predicted molar refractivity (Wildman–Crippen MR) is 98.3 cm³/mol. The SMILES string of the molecule is CCCCCCCOc1ccc(CC(/C=C/O)[C@H](C)N)cc1C(F)(F)F. The molecule has 0 saturated heterocycles. The Kier molecular flexibility index (Phi) is 9.55. The predicted octanol–water partition coefficient (Wildman–Crippen LogP) is 5.63. The van der Waals surface area contributed by atoms with Crippen LogP contribution in [0.15, 0.2) is 30.5 Å². The van der Waals surface area contributed by atoms with Gasteiger partial charge in [-0.05, 0) is 49.5 Å². The molecule has 0 aliphatic rings. The van der Waals surface area contributed by atoms with E-state index in [9.17, 15) is 13.2 Å². The number of halogens is 3. The molecule has 0 fully saturated rings. The molecule has 0 aliphatic heterocycles. The summed E-state index contributed by atoms with van der Waals surface area (Å²) in [5.74, 6) is -0.377. The molecule has 1 rings (SSSR count). The maximum Gasteiger partial charge on any atom is 0.419 e. The zero-order chi connectivity index (χ0) is 19.6. The quantitative estimate of drug-likeness (QED) is 0.390. The summed E-state index contributed by atoms with van der Waals surface area (Å²) in [6, 6.07) is 3.84. The lowest BCUT2D eigenvalue weighted by atomic mass is 9.92. The molecule has 0 heterocycles. The lowest BCUT2D eigenvalue weighted by molar-refractivity contribution is -0.139. The van der Waals surface area contributed by atoms with Crippen molar-refractivity contribution in [3.05, 3.63) is 41.7 Å². The van der Waals surface area contributed by atoms with Gasteiger partial charge >= 0.3 is 6.18 Å². The monoisotopic (exact) mass is 373 g/mol. The van der Waals surface area contributed by atoms with Crippen LogP contribution in [0.4, 0.5) is 13.2 Å². The first-order valence-corrected chi connectivity index (χ1v) is 9.19. The molecule has 6 heteroatoms. The van der Waals surface area contributed by atoms with Gasteiger partial charge in [-0.25, -0.2) is 0 Å². The van der Waals surface area contributed by atoms with Gasteiger partial charge in [-0.1, -0.05) is 38.7 Å². The second kappa shape index (κ2) is 11.1. The van der Waals surface area contributed by atoms with Crippen molar-refractivity contribution in [2.75, 3.05) is 6.61 Å². The summed E-state index contributed by atoms with van der Waals surface area (Å²) in [5.41, 5.74) is 5.57. The van der Waals surface area contributed by atoms with Gasteiger partial charge in [0.2, 0.25) is 0 Å². The molecule has 0 saturated carbocycles. The van der Waals surface area contributed by atoms with Crippen molar-refractivity contribution in [3.63, 3.8) is 0 Å². The van der Waals surface area contributed by atoms with Crippen molar-refractivity contribution in [2.45, 2.75) is 64.6 Å². The smallest absolute Gasteiger partial charge is 0.419 e. The highest BCUT2D eigenvalue weighted by atomic mass is 19.4. The van der Waals surface area contributed by atoms with Gasteiger partial charge in [0.05, 0.1) is 18.4 Å². The first-order valence-electron chi connectivity index (χ1n) is 9.19. The first-order chi connectivity index (χ1) is 12.3. The summed E-state index contributed by atoms with van der Waals surface area (Å²) in [6.45, 7) is 4.15. The molecular formula is C20H30F3NO2. The number of ether oxygens (including phenoxy) is 1. The van der Waals surface area contributed by atoms with E-state index >= 15 is 0 Å². The summed E-state index contributed by atoms with van der Waals surface area (Å²) in [7, 11) is 0. The fourth-order valence-electron chi connectivity index (χ4n) is 2.75. The van der Waals surface area contributed by atoms with Crippen LogP contribution < -0.4 is 10.5 Å². The first kappa shape index (κ1) is 22.4. The molecule has 26 heavy (non-hydrogen) atoms. The number of benzene rings is 1. The molecular weight excluding hydrogens is 343 g/mol. The summed E-state index contributed by atoms with van der Waals surface area (Å²) in [6.07, 6.45) is 3.23. The molecule has 0 aromatic heterocycles. The molecule has 0 bridgehead atoms. The number of hydrogen-bond donors (Lipinski definition) is 2. The van der Waals surface area contributed by atoms with Gasteiger partial charge in [-0.2, -0.15) is 13.2 Å². The Labute approximate surface area is 154 Å². The number of alkyl halides is 3. The highest BCUT2D eigenvalue weighted by Crippen LogP contribution is 2.37. The third kappa shape index (κ3) is 7.68. The van der Waals surface area contributed by atoms with E-state index in [1.54, 1.807) is 13.0 Å². The number of aliphatic hydroxyl groups excluding tert-OH is 1. The Morgan fingerprint density at radius 3 is 2.46 bits per heavy atom. The molecule has 1 aromatic rings. The van der Waals surface area contributed by atoms with E-state index in [0.717, 1.165) is 44.4 Å². The van der Waals surface area contributed by atoms with E-state index in [1.807, 2.05) is 0 Å². The minimum Gasteiger partial charge on any atom is -0.516 e. The van der Waals surface area contributed by atoms with Crippen LogP contribution in [0.3, 0.4) is 0 Å². The highest BCUT2D eigenvalue weighted by Gasteiger charge is 2.34. The highest BCUT2D eigenvalue weighted by molar-refractivity contribution is 5.39. The molecule has 0 spiro atoms. The van der Waals surface area contributed by atoms with Crippen LogP contribution in [-0.4, -0.2) is 17.8 Å². The average molecular weight is 373 g/mol. The van der Waals surface area contributed by atoms with Gasteiger partial charge in [-0.15, -0.1) is 0 Å². The Bertz CT molecular complexity index is 556. The van der Waals surface area contributed by atoms with Crippen molar-refractivity contribution in [1.29, 1.82) is 0 Å². The van der Waals surface area contributed by atoms with Crippen LogP contribution in [0.25, 0.3) is 0 Å². The molecule has 148 valence electrons. The number of aliphatic hydroxyl groups is 1. The van der Waals surface area contributed by atoms with E-state index in [4.69, 9.17) is 15.6 Å². The maximum absolute atomic E-state index is 13.4. The lowest BCUT2D eigenvalue weighted by Crippen LogP contribution is -2.26. The average Bonchev–Trinajstić information content (AvgIpc) is 2.57. The number of hydrogen-bond acceptors (Lipinski definition) is 3. The van der Waals surface area contributed by atoms with Gasteiger partial charge in [0.15, 0.2) is 0 Å². The van der Waals surface area contributed by atoms with Crippen molar-refractivity contribution < 1.29 is 23.0 Å². The van der Waals surface area contributed by atoms with Crippen molar-refractivity contribution in [3.8, 4) is 5.75 Å². The number of nitrogens with two attached hydrogens (primary N) is 1. The van der Waals surface area contributed by atoms with Crippen LogP contribution in [0, 0.1) is 5.92 Å². The van der Waals surface area contributed by atoms with Gasteiger partial charge in [0, 0.05) is 6.04 Å². The minimum absolute atomic E-state index is 0.133. The van der Waals surface area contributed by atoms with Crippen LogP contribution in [0.2, 0.25) is 0 Å². The molecule has 0 aliphatic carbocycles. The third-order valence-corrected chi connectivity index (χ3v) is 4.33. The summed E-state index contributed by atoms with van der Waals surface area (Å²) in [5, 5.41) is 8.93. The molecule has 0 radical (unpaired) electrons. The Morgan fingerprint density at radius 2 is 1.88 bits per heavy atom. The van der Waals surface area contributed by atoms with Crippen molar-refractivity contribution in [1.82, 2.24) is 0 Å². The molecule has 3 N–H and O–H groups in total. The van der Waals surface area contributed by atoms with Gasteiger partial charge in [0.1, 0.15) is 5.75 Å². The largest absolute Gasteiger partial charge is 0.516 e. The van der Waals surface area contributed by atoms with Gasteiger partial charge in [-0.3, -0.25) is 0 Å². The Balaban J connectivity index is 2.83. The number of unbranched alkanes of at least 4 members (excludes halogenated alkanes) is 4. The Hall–Kier alpha value is -1.69. The molecule has 3 nitrogen and oxygen atoms in total. The topological polar surface area (TPSA) is 55.5 Å². The van der Waals surface area contributed by atoms with Gasteiger partial charge < -0.3 is 15.6 Å². The fourth-order valence-corrected chi connectivity index (χ4v) is 2.75.